The van der Waals surface area contributed by atoms with Crippen molar-refractivity contribution in [2.24, 2.45) is 0 Å². The predicted molar refractivity (Wildman–Crippen MR) is 105 cm³/mol. The van der Waals surface area contributed by atoms with Gasteiger partial charge in [-0.3, -0.25) is 0 Å². The minimum absolute atomic E-state index is 0. The molecule has 2 aromatic rings. The predicted octanol–water partition coefficient (Wildman–Crippen LogP) is 5.40. The second-order valence-corrected chi connectivity index (χ2v) is 5.74. The van der Waals surface area contributed by atoms with E-state index in [1.54, 1.807) is 0 Å². The zero-order valence-electron chi connectivity index (χ0n) is 14.3. The van der Waals surface area contributed by atoms with Gasteiger partial charge in [-0.2, -0.15) is 0 Å². The van der Waals surface area contributed by atoms with Gasteiger partial charge in [0.05, 0.1) is 0 Å². The van der Waals surface area contributed by atoms with Crippen molar-refractivity contribution in [2.75, 3.05) is 11.5 Å². The molecule has 0 atom stereocenters. The summed E-state index contributed by atoms with van der Waals surface area (Å²) in [4.78, 5) is 0. The minimum Gasteiger partial charge on any atom is -0.399 e. The molecule has 2 nitrogen and oxygen atoms in total. The van der Waals surface area contributed by atoms with Crippen molar-refractivity contribution in [3.8, 4) is 11.1 Å². The van der Waals surface area contributed by atoms with Crippen LogP contribution in [0.2, 0.25) is 0 Å². The lowest BCUT2D eigenvalue weighted by Gasteiger charge is -2.24. The largest absolute Gasteiger partial charge is 0.399 e. The van der Waals surface area contributed by atoms with E-state index >= 15 is 0 Å². The summed E-state index contributed by atoms with van der Waals surface area (Å²) in [5.41, 5.74) is 22.3. The van der Waals surface area contributed by atoms with Gasteiger partial charge in [-0.1, -0.05) is 47.3 Å². The standard InChI is InChI=1S/C20H28N2.CH4/c1-5-15-17(7-3)20(22)18(8-4)16(6-2)19(15)13-9-11-14(21)12-10-13;/h9-12H,5-8,21-22H2,1-4H3;1H4. The van der Waals surface area contributed by atoms with Gasteiger partial charge >= 0.3 is 0 Å². The van der Waals surface area contributed by atoms with Gasteiger partial charge in [0.2, 0.25) is 0 Å². The van der Waals surface area contributed by atoms with Crippen LogP contribution in [0.1, 0.15) is 57.4 Å². The van der Waals surface area contributed by atoms with Crippen LogP contribution in [0.5, 0.6) is 0 Å². The van der Waals surface area contributed by atoms with Gasteiger partial charge < -0.3 is 11.5 Å². The highest BCUT2D eigenvalue weighted by Gasteiger charge is 2.19. The first-order valence-corrected chi connectivity index (χ1v) is 8.39. The molecule has 0 bridgehead atoms. The Morgan fingerprint density at radius 2 is 1.04 bits per heavy atom. The zero-order valence-corrected chi connectivity index (χ0v) is 14.3. The molecule has 0 aliphatic carbocycles. The van der Waals surface area contributed by atoms with Gasteiger partial charge in [0.25, 0.3) is 0 Å². The maximum atomic E-state index is 6.51. The van der Waals surface area contributed by atoms with Crippen LogP contribution in [-0.2, 0) is 25.7 Å². The van der Waals surface area contributed by atoms with Crippen molar-refractivity contribution >= 4 is 11.4 Å². The van der Waals surface area contributed by atoms with Crippen molar-refractivity contribution in [2.45, 2.75) is 60.8 Å². The third-order valence-corrected chi connectivity index (χ3v) is 4.60. The highest BCUT2D eigenvalue weighted by atomic mass is 14.6. The highest BCUT2D eigenvalue weighted by Crippen LogP contribution is 2.38. The van der Waals surface area contributed by atoms with Gasteiger partial charge in [-0.25, -0.2) is 0 Å². The Balaban J connectivity index is 0.00000264. The van der Waals surface area contributed by atoms with Crippen molar-refractivity contribution in [3.63, 3.8) is 0 Å². The maximum absolute atomic E-state index is 6.51. The Morgan fingerprint density at radius 3 is 1.39 bits per heavy atom. The van der Waals surface area contributed by atoms with Crippen LogP contribution < -0.4 is 11.5 Å². The van der Waals surface area contributed by atoms with Crippen LogP contribution in [0.3, 0.4) is 0 Å². The van der Waals surface area contributed by atoms with Gasteiger partial charge in [-0.05, 0) is 71.2 Å². The zero-order chi connectivity index (χ0) is 16.3. The van der Waals surface area contributed by atoms with Crippen LogP contribution in [0.4, 0.5) is 11.4 Å². The molecule has 0 amide bonds. The minimum atomic E-state index is 0. The van der Waals surface area contributed by atoms with Crippen molar-refractivity contribution in [1.82, 2.24) is 0 Å². The Bertz CT molecular complexity index is 622. The Morgan fingerprint density at radius 1 is 0.652 bits per heavy atom. The van der Waals surface area contributed by atoms with E-state index in [-0.39, 0.29) is 7.43 Å². The molecule has 0 spiro atoms. The molecule has 4 N–H and O–H groups in total. The first-order valence-electron chi connectivity index (χ1n) is 8.39. The summed E-state index contributed by atoms with van der Waals surface area (Å²) in [6, 6.07) is 8.25. The Labute approximate surface area is 141 Å². The summed E-state index contributed by atoms with van der Waals surface area (Å²) in [5.74, 6) is 0. The fourth-order valence-corrected chi connectivity index (χ4v) is 3.58. The molecular weight excluding hydrogens is 280 g/mol. The third-order valence-electron chi connectivity index (χ3n) is 4.60. The number of hydrogen-bond acceptors (Lipinski definition) is 2. The van der Waals surface area contributed by atoms with Gasteiger partial charge in [0, 0.05) is 11.4 Å². The maximum Gasteiger partial charge on any atom is 0.0384 e. The van der Waals surface area contributed by atoms with Gasteiger partial charge in [0.1, 0.15) is 0 Å². The van der Waals surface area contributed by atoms with Crippen LogP contribution >= 0.6 is 0 Å². The number of benzene rings is 2. The summed E-state index contributed by atoms with van der Waals surface area (Å²) in [5, 5.41) is 0. The fourth-order valence-electron chi connectivity index (χ4n) is 3.58. The molecule has 23 heavy (non-hydrogen) atoms. The van der Waals surface area contributed by atoms with Crippen LogP contribution in [0.15, 0.2) is 24.3 Å². The molecule has 0 saturated carbocycles. The Kier molecular flexibility index (Phi) is 6.68. The van der Waals surface area contributed by atoms with Crippen molar-refractivity contribution < 1.29 is 0 Å². The van der Waals surface area contributed by atoms with Crippen LogP contribution in [-0.4, -0.2) is 0 Å². The van der Waals surface area contributed by atoms with E-state index in [4.69, 9.17) is 11.5 Å². The van der Waals surface area contributed by atoms with E-state index in [1.807, 2.05) is 12.1 Å². The molecule has 0 aliphatic heterocycles. The SMILES string of the molecule is C.CCc1c(N)c(CC)c(CC)c(-c2ccc(N)cc2)c1CC. The van der Waals surface area contributed by atoms with E-state index in [0.717, 1.165) is 37.1 Å². The molecule has 0 heterocycles. The summed E-state index contributed by atoms with van der Waals surface area (Å²) >= 11 is 0. The normalized spacial score (nSPS) is 10.4. The van der Waals surface area contributed by atoms with Crippen molar-refractivity contribution in [3.05, 3.63) is 46.5 Å². The Hall–Kier alpha value is -1.96. The molecule has 0 aliphatic rings. The highest BCUT2D eigenvalue weighted by molar-refractivity contribution is 5.80. The van der Waals surface area contributed by atoms with Crippen LogP contribution in [0.25, 0.3) is 11.1 Å². The van der Waals surface area contributed by atoms with Gasteiger partial charge in [0.15, 0.2) is 0 Å². The molecule has 0 unspecified atom stereocenters. The molecule has 2 aromatic carbocycles. The van der Waals surface area contributed by atoms with Crippen molar-refractivity contribution in [1.29, 1.82) is 0 Å². The molecule has 0 saturated heterocycles. The average molecular weight is 313 g/mol. The lowest BCUT2D eigenvalue weighted by Crippen LogP contribution is -2.10. The van der Waals surface area contributed by atoms with E-state index < -0.39 is 0 Å². The van der Waals surface area contributed by atoms with Crippen LogP contribution in [0, 0.1) is 0 Å². The first-order chi connectivity index (χ1) is 10.6. The number of nitrogens with two attached hydrogens (primary N) is 2. The molecular formula is C21H32N2. The average Bonchev–Trinajstić information content (AvgIpc) is 2.54. The number of rotatable bonds is 5. The topological polar surface area (TPSA) is 52.0 Å². The molecule has 2 rings (SSSR count). The molecule has 0 aromatic heterocycles. The summed E-state index contributed by atoms with van der Waals surface area (Å²) in [6.07, 6.45) is 3.97. The number of anilines is 2. The van der Waals surface area contributed by atoms with Gasteiger partial charge in [-0.15, -0.1) is 0 Å². The number of hydrogen-bond donors (Lipinski definition) is 2. The monoisotopic (exact) mass is 312 g/mol. The molecule has 0 fully saturated rings. The molecule has 126 valence electrons. The van der Waals surface area contributed by atoms with E-state index in [1.165, 1.54) is 33.4 Å². The number of nitrogen functional groups attached to an aromatic ring is 2. The summed E-state index contributed by atoms with van der Waals surface area (Å²) in [6.45, 7) is 8.84. The summed E-state index contributed by atoms with van der Waals surface area (Å²) < 4.78 is 0. The lowest BCUT2D eigenvalue weighted by atomic mass is 9.82. The second kappa shape index (κ2) is 8.05. The smallest absolute Gasteiger partial charge is 0.0384 e. The molecule has 2 heteroatoms. The fraction of sp³-hybridized carbons (Fsp3) is 0.429. The third kappa shape index (κ3) is 3.36. The lowest BCUT2D eigenvalue weighted by molar-refractivity contribution is 0.983. The summed E-state index contributed by atoms with van der Waals surface area (Å²) in [7, 11) is 0. The quantitative estimate of drug-likeness (QED) is 0.726. The van der Waals surface area contributed by atoms with E-state index in [2.05, 4.69) is 39.8 Å². The van der Waals surface area contributed by atoms with E-state index in [0.29, 0.717) is 0 Å². The first kappa shape index (κ1) is 19.1. The second-order valence-electron chi connectivity index (χ2n) is 5.74. The molecule has 0 radical (unpaired) electrons. The van der Waals surface area contributed by atoms with E-state index in [9.17, 15) is 0 Å².